The van der Waals surface area contributed by atoms with Gasteiger partial charge in [-0.1, -0.05) is 23.2 Å². The third-order valence-electron chi connectivity index (χ3n) is 2.81. The van der Waals surface area contributed by atoms with Crippen LogP contribution in [0.25, 0.3) is 0 Å². The second-order valence-electron chi connectivity index (χ2n) is 4.57. The lowest BCUT2D eigenvalue weighted by atomic mass is 10.2. The Morgan fingerprint density at radius 3 is 2.38 bits per heavy atom. The molecule has 0 spiro atoms. The molecule has 2 N–H and O–H groups in total. The van der Waals surface area contributed by atoms with Gasteiger partial charge in [0.15, 0.2) is 6.73 Å². The number of benzene rings is 2. The van der Waals surface area contributed by atoms with Crippen molar-refractivity contribution < 1.29 is 22.7 Å². The number of nitrogens with one attached hydrogen (secondary N) is 2. The van der Waals surface area contributed by atoms with Gasteiger partial charge in [0.1, 0.15) is 5.75 Å². The van der Waals surface area contributed by atoms with Gasteiger partial charge < -0.3 is 15.4 Å². The fourth-order valence-corrected chi connectivity index (χ4v) is 2.06. The number of carbonyl (C=O) groups is 1. The summed E-state index contributed by atoms with van der Waals surface area (Å²) in [6.07, 6.45) is -4.61. The maximum atomic E-state index is 12.7. The van der Waals surface area contributed by atoms with Gasteiger partial charge in [0.05, 0.1) is 10.6 Å². The smallest absolute Gasteiger partial charge is 0.417 e. The van der Waals surface area contributed by atoms with Crippen molar-refractivity contribution in [3.05, 3.63) is 58.1 Å². The Morgan fingerprint density at radius 1 is 1.08 bits per heavy atom. The fourth-order valence-electron chi connectivity index (χ4n) is 1.71. The Morgan fingerprint density at radius 2 is 1.75 bits per heavy atom. The van der Waals surface area contributed by atoms with Crippen molar-refractivity contribution in [1.29, 1.82) is 0 Å². The van der Waals surface area contributed by atoms with Crippen LogP contribution in [0.1, 0.15) is 5.56 Å². The number of halogens is 5. The first-order valence-corrected chi connectivity index (χ1v) is 7.31. The summed E-state index contributed by atoms with van der Waals surface area (Å²) >= 11 is 11.2. The summed E-state index contributed by atoms with van der Waals surface area (Å²) in [7, 11) is 0. The van der Waals surface area contributed by atoms with E-state index in [0.717, 1.165) is 12.1 Å². The van der Waals surface area contributed by atoms with Gasteiger partial charge in [0.25, 0.3) is 0 Å². The molecule has 2 rings (SSSR count). The van der Waals surface area contributed by atoms with Crippen molar-refractivity contribution in [3.8, 4) is 5.75 Å². The van der Waals surface area contributed by atoms with E-state index in [2.05, 4.69) is 10.6 Å². The van der Waals surface area contributed by atoms with E-state index in [4.69, 9.17) is 27.9 Å². The average Bonchev–Trinajstić information content (AvgIpc) is 2.50. The van der Waals surface area contributed by atoms with E-state index in [0.29, 0.717) is 10.8 Å². The van der Waals surface area contributed by atoms with Gasteiger partial charge >= 0.3 is 12.2 Å². The molecule has 0 fully saturated rings. The number of hydrogen-bond donors (Lipinski definition) is 2. The number of ether oxygens (including phenoxy) is 1. The lowest BCUT2D eigenvalue weighted by Crippen LogP contribution is -2.32. The maximum Gasteiger partial charge on any atom is 0.417 e. The molecule has 2 amide bonds. The monoisotopic (exact) mass is 378 g/mol. The minimum atomic E-state index is -4.61. The summed E-state index contributed by atoms with van der Waals surface area (Å²) in [6, 6.07) is 8.79. The Labute approximate surface area is 145 Å². The predicted octanol–water partition coefficient (Wildman–Crippen LogP) is 5.17. The minimum Gasteiger partial charge on any atom is -0.473 e. The number of carbonyl (C=O) groups excluding carboxylic acids is 1. The van der Waals surface area contributed by atoms with Gasteiger partial charge in [0, 0.05) is 10.7 Å². The molecule has 2 aromatic rings. The largest absolute Gasteiger partial charge is 0.473 e. The highest BCUT2D eigenvalue weighted by molar-refractivity contribution is 6.31. The Bertz CT molecular complexity index is 722. The van der Waals surface area contributed by atoms with Crippen LogP contribution in [0.4, 0.5) is 23.7 Å². The van der Waals surface area contributed by atoms with Crippen LogP contribution in [-0.4, -0.2) is 12.8 Å². The van der Waals surface area contributed by atoms with Crippen LogP contribution < -0.4 is 15.4 Å². The van der Waals surface area contributed by atoms with E-state index in [1.165, 1.54) is 6.07 Å². The number of anilines is 1. The molecule has 0 bridgehead atoms. The number of amides is 2. The summed E-state index contributed by atoms with van der Waals surface area (Å²) in [5.74, 6) is 0.477. The van der Waals surface area contributed by atoms with Crippen molar-refractivity contribution in [2.45, 2.75) is 6.18 Å². The van der Waals surface area contributed by atoms with Crippen molar-refractivity contribution >= 4 is 34.9 Å². The summed E-state index contributed by atoms with van der Waals surface area (Å²) in [6.45, 7) is -0.173. The Hall–Kier alpha value is -2.12. The molecule has 0 aliphatic heterocycles. The molecule has 0 aliphatic rings. The third kappa shape index (κ3) is 5.21. The molecule has 0 aromatic heterocycles. The van der Waals surface area contributed by atoms with E-state index < -0.39 is 22.8 Å². The lowest BCUT2D eigenvalue weighted by molar-refractivity contribution is -0.137. The van der Waals surface area contributed by atoms with Crippen LogP contribution in [0.2, 0.25) is 10.0 Å². The first-order chi connectivity index (χ1) is 11.3. The molecule has 2 aromatic carbocycles. The fraction of sp³-hybridized carbons (Fsp3) is 0.133. The Balaban J connectivity index is 1.89. The van der Waals surface area contributed by atoms with Crippen LogP contribution >= 0.6 is 23.2 Å². The van der Waals surface area contributed by atoms with Crippen LogP contribution in [0.15, 0.2) is 42.5 Å². The van der Waals surface area contributed by atoms with Gasteiger partial charge in [-0.05, 0) is 42.5 Å². The maximum absolute atomic E-state index is 12.7. The molecular formula is C15H11Cl2F3N2O2. The number of urea groups is 1. The van der Waals surface area contributed by atoms with Crippen molar-refractivity contribution in [2.24, 2.45) is 0 Å². The van der Waals surface area contributed by atoms with Gasteiger partial charge in [-0.2, -0.15) is 13.2 Å². The lowest BCUT2D eigenvalue weighted by Gasteiger charge is -2.12. The van der Waals surface area contributed by atoms with Gasteiger partial charge in [-0.15, -0.1) is 0 Å². The highest BCUT2D eigenvalue weighted by Crippen LogP contribution is 2.36. The molecular weight excluding hydrogens is 368 g/mol. The highest BCUT2D eigenvalue weighted by Gasteiger charge is 2.33. The Kier molecular flexibility index (Phi) is 5.80. The quantitative estimate of drug-likeness (QED) is 0.721. The summed E-state index contributed by atoms with van der Waals surface area (Å²) in [4.78, 5) is 11.7. The van der Waals surface area contributed by atoms with Crippen LogP contribution in [0.5, 0.6) is 5.75 Å². The number of hydrogen-bond acceptors (Lipinski definition) is 2. The molecule has 0 radical (unpaired) electrons. The van der Waals surface area contributed by atoms with Crippen LogP contribution in [0, 0.1) is 0 Å². The van der Waals surface area contributed by atoms with Crippen molar-refractivity contribution in [1.82, 2.24) is 5.32 Å². The average molecular weight is 379 g/mol. The summed E-state index contributed by atoms with van der Waals surface area (Å²) in [5.41, 5.74) is -1.07. The first-order valence-electron chi connectivity index (χ1n) is 6.55. The topological polar surface area (TPSA) is 50.4 Å². The first kappa shape index (κ1) is 18.2. The molecule has 4 nitrogen and oxygen atoms in total. The molecule has 0 saturated carbocycles. The molecule has 128 valence electrons. The van der Waals surface area contributed by atoms with Crippen molar-refractivity contribution in [2.75, 3.05) is 12.0 Å². The third-order valence-corrected chi connectivity index (χ3v) is 3.40. The molecule has 0 unspecified atom stereocenters. The summed E-state index contributed by atoms with van der Waals surface area (Å²) < 4.78 is 43.5. The second-order valence-corrected chi connectivity index (χ2v) is 5.41. The normalized spacial score (nSPS) is 11.0. The second kappa shape index (κ2) is 7.63. The van der Waals surface area contributed by atoms with E-state index in [1.807, 2.05) is 0 Å². The SMILES string of the molecule is O=C(NCOc1ccc(Cl)cc1)Nc1ccc(Cl)c(C(F)(F)F)c1. The molecule has 0 aliphatic carbocycles. The zero-order valence-corrected chi connectivity index (χ0v) is 13.5. The molecule has 0 heterocycles. The van der Waals surface area contributed by atoms with Gasteiger partial charge in [-0.3, -0.25) is 0 Å². The van der Waals surface area contributed by atoms with Crippen LogP contribution in [-0.2, 0) is 6.18 Å². The zero-order chi connectivity index (χ0) is 17.7. The molecule has 24 heavy (non-hydrogen) atoms. The predicted molar refractivity (Wildman–Crippen MR) is 85.6 cm³/mol. The van der Waals surface area contributed by atoms with E-state index in [9.17, 15) is 18.0 Å². The van der Waals surface area contributed by atoms with Gasteiger partial charge in [0.2, 0.25) is 0 Å². The highest BCUT2D eigenvalue weighted by atomic mass is 35.5. The van der Waals surface area contributed by atoms with Crippen LogP contribution in [0.3, 0.4) is 0 Å². The van der Waals surface area contributed by atoms with E-state index in [1.54, 1.807) is 24.3 Å². The van der Waals surface area contributed by atoms with Crippen molar-refractivity contribution in [3.63, 3.8) is 0 Å². The van der Waals surface area contributed by atoms with E-state index >= 15 is 0 Å². The van der Waals surface area contributed by atoms with E-state index in [-0.39, 0.29) is 12.4 Å². The summed E-state index contributed by atoms with van der Waals surface area (Å²) in [5, 5.41) is 4.71. The minimum absolute atomic E-state index is 0.0456. The van der Waals surface area contributed by atoms with Gasteiger partial charge in [-0.25, -0.2) is 4.79 Å². The standard InChI is InChI=1S/C15H11Cl2F3N2O2/c16-9-1-4-11(5-2-9)24-8-21-14(23)22-10-3-6-13(17)12(7-10)15(18,19)20/h1-7H,8H2,(H2,21,22,23). The molecule has 0 atom stereocenters. The number of alkyl halides is 3. The molecule has 0 saturated heterocycles. The zero-order valence-electron chi connectivity index (χ0n) is 12.0. The molecule has 9 heteroatoms. The number of rotatable bonds is 4.